The number of rotatable bonds is 7. The lowest BCUT2D eigenvalue weighted by atomic mass is 10.2. The number of nitrogens with zero attached hydrogens (tertiary/aromatic N) is 1. The third-order valence-corrected chi connectivity index (χ3v) is 4.13. The molecule has 1 N–H and O–H groups in total. The minimum Gasteiger partial charge on any atom is -0.373 e. The number of hydrogen-bond donors (Lipinski definition) is 1. The maximum atomic E-state index is 3.50. The molecule has 0 atom stereocenters. The molecule has 19 heavy (non-hydrogen) atoms. The van der Waals surface area contributed by atoms with Gasteiger partial charge in [0.15, 0.2) is 0 Å². The minimum absolute atomic E-state index is 1.02. The number of aryl methyl sites for hydroxylation is 1. The number of nitrogens with one attached hydrogen (secondary N) is 1. The Bertz CT molecular complexity index is 479. The van der Waals surface area contributed by atoms with Crippen molar-refractivity contribution in [1.82, 2.24) is 5.32 Å². The first-order valence-electron chi connectivity index (χ1n) is 6.76. The first-order chi connectivity index (χ1) is 9.25. The van der Waals surface area contributed by atoms with Crippen LogP contribution >= 0.6 is 11.3 Å². The lowest BCUT2D eigenvalue weighted by Crippen LogP contribution is -2.30. The monoisotopic (exact) mass is 274 g/mol. The summed E-state index contributed by atoms with van der Waals surface area (Å²) in [5, 5.41) is 5.64. The molecule has 0 radical (unpaired) electrons. The number of benzene rings is 1. The molecule has 0 aliphatic heterocycles. The molecule has 0 saturated carbocycles. The van der Waals surface area contributed by atoms with E-state index in [1.807, 2.05) is 11.3 Å². The van der Waals surface area contributed by atoms with Crippen LogP contribution in [0.4, 0.5) is 5.69 Å². The van der Waals surface area contributed by atoms with Crippen LogP contribution in [0, 0.1) is 6.92 Å². The number of likely N-dealkylation sites (N-methyl/N-ethyl adjacent to an activating group) is 1. The second-order valence-electron chi connectivity index (χ2n) is 4.84. The van der Waals surface area contributed by atoms with Crippen LogP contribution in [0.2, 0.25) is 0 Å². The quantitative estimate of drug-likeness (QED) is 0.779. The minimum atomic E-state index is 1.02. The number of hydrogen-bond acceptors (Lipinski definition) is 3. The average Bonchev–Trinajstić information content (AvgIpc) is 2.91. The van der Waals surface area contributed by atoms with E-state index in [1.165, 1.54) is 16.1 Å². The molecule has 1 heterocycles. The summed E-state index contributed by atoms with van der Waals surface area (Å²) >= 11 is 1.84. The second kappa shape index (κ2) is 7.31. The zero-order valence-corrected chi connectivity index (χ0v) is 12.5. The fourth-order valence-corrected chi connectivity index (χ4v) is 2.74. The summed E-state index contributed by atoms with van der Waals surface area (Å²) in [5.74, 6) is 0. The van der Waals surface area contributed by atoms with Gasteiger partial charge in [0.2, 0.25) is 0 Å². The molecule has 0 spiro atoms. The van der Waals surface area contributed by atoms with E-state index in [9.17, 15) is 0 Å². The van der Waals surface area contributed by atoms with Gasteiger partial charge in [-0.25, -0.2) is 0 Å². The maximum Gasteiger partial charge on any atom is 0.0366 e. The highest BCUT2D eigenvalue weighted by Gasteiger charge is 2.00. The maximum absolute atomic E-state index is 3.50. The molecule has 0 aliphatic rings. The van der Waals surface area contributed by atoms with Gasteiger partial charge in [0, 0.05) is 37.2 Å². The van der Waals surface area contributed by atoms with Gasteiger partial charge in [0.1, 0.15) is 0 Å². The van der Waals surface area contributed by atoms with Crippen LogP contribution in [-0.4, -0.2) is 26.7 Å². The topological polar surface area (TPSA) is 15.3 Å². The first kappa shape index (κ1) is 14.1. The second-order valence-corrected chi connectivity index (χ2v) is 5.87. The van der Waals surface area contributed by atoms with Gasteiger partial charge in [0.25, 0.3) is 0 Å². The van der Waals surface area contributed by atoms with Gasteiger partial charge in [-0.1, -0.05) is 18.2 Å². The van der Waals surface area contributed by atoms with Gasteiger partial charge in [-0.3, -0.25) is 0 Å². The Kier molecular flexibility index (Phi) is 5.43. The van der Waals surface area contributed by atoms with Crippen molar-refractivity contribution in [3.63, 3.8) is 0 Å². The highest BCUT2D eigenvalue weighted by Crippen LogP contribution is 2.13. The Labute approximate surface area is 120 Å². The summed E-state index contributed by atoms with van der Waals surface area (Å²) in [6.07, 6.45) is 1.13. The molecule has 2 nitrogen and oxygen atoms in total. The van der Waals surface area contributed by atoms with Crippen molar-refractivity contribution in [2.24, 2.45) is 0 Å². The van der Waals surface area contributed by atoms with Crippen LogP contribution in [0.15, 0.2) is 41.8 Å². The molecule has 0 unspecified atom stereocenters. The Balaban J connectivity index is 1.65. The fraction of sp³-hybridized carbons (Fsp3) is 0.375. The third-order valence-electron chi connectivity index (χ3n) is 3.19. The van der Waals surface area contributed by atoms with E-state index in [0.29, 0.717) is 0 Å². The van der Waals surface area contributed by atoms with E-state index in [4.69, 9.17) is 0 Å². The van der Waals surface area contributed by atoms with Crippen LogP contribution < -0.4 is 10.2 Å². The van der Waals surface area contributed by atoms with Gasteiger partial charge >= 0.3 is 0 Å². The van der Waals surface area contributed by atoms with E-state index in [-0.39, 0.29) is 0 Å². The van der Waals surface area contributed by atoms with Gasteiger partial charge in [-0.2, -0.15) is 0 Å². The van der Waals surface area contributed by atoms with Crippen LogP contribution in [0.3, 0.4) is 0 Å². The standard InChI is InChI=1S/C16H22N2S/c1-14-5-3-6-15(13-14)18(2)11-10-17-9-8-16-7-4-12-19-16/h3-7,12-13,17H,8-11H2,1-2H3. The summed E-state index contributed by atoms with van der Waals surface area (Å²) in [6, 6.07) is 13.0. The van der Waals surface area contributed by atoms with Gasteiger partial charge in [-0.15, -0.1) is 11.3 Å². The number of thiophene rings is 1. The van der Waals surface area contributed by atoms with Crippen molar-refractivity contribution >= 4 is 17.0 Å². The zero-order chi connectivity index (χ0) is 13.5. The third kappa shape index (κ3) is 4.69. The van der Waals surface area contributed by atoms with Crippen molar-refractivity contribution in [2.75, 3.05) is 31.6 Å². The van der Waals surface area contributed by atoms with Gasteiger partial charge < -0.3 is 10.2 Å². The molecule has 2 aromatic rings. The smallest absolute Gasteiger partial charge is 0.0366 e. The van der Waals surface area contributed by atoms with Crippen molar-refractivity contribution < 1.29 is 0 Å². The molecular formula is C16H22N2S. The highest BCUT2D eigenvalue weighted by molar-refractivity contribution is 7.09. The van der Waals surface area contributed by atoms with Crippen LogP contribution in [0.1, 0.15) is 10.4 Å². The highest BCUT2D eigenvalue weighted by atomic mass is 32.1. The molecule has 1 aromatic heterocycles. The first-order valence-corrected chi connectivity index (χ1v) is 7.64. The summed E-state index contributed by atoms with van der Waals surface area (Å²) in [6.45, 7) is 5.25. The Hall–Kier alpha value is -1.32. The van der Waals surface area contributed by atoms with Gasteiger partial charge in [0.05, 0.1) is 0 Å². The lowest BCUT2D eigenvalue weighted by Gasteiger charge is -2.20. The van der Waals surface area contributed by atoms with Crippen molar-refractivity contribution in [1.29, 1.82) is 0 Å². The zero-order valence-electron chi connectivity index (χ0n) is 11.7. The van der Waals surface area contributed by atoms with E-state index in [0.717, 1.165) is 26.1 Å². The van der Waals surface area contributed by atoms with E-state index in [1.54, 1.807) is 0 Å². The summed E-state index contributed by atoms with van der Waals surface area (Å²) in [4.78, 5) is 3.75. The molecule has 0 aliphatic carbocycles. The molecule has 102 valence electrons. The Morgan fingerprint density at radius 3 is 2.79 bits per heavy atom. The Morgan fingerprint density at radius 2 is 2.05 bits per heavy atom. The van der Waals surface area contributed by atoms with Crippen LogP contribution in [-0.2, 0) is 6.42 Å². The molecule has 3 heteroatoms. The number of anilines is 1. The van der Waals surface area contributed by atoms with Gasteiger partial charge in [-0.05, 0) is 42.5 Å². The van der Waals surface area contributed by atoms with Crippen LogP contribution in [0.25, 0.3) is 0 Å². The molecule has 1 aromatic carbocycles. The molecular weight excluding hydrogens is 252 g/mol. The van der Waals surface area contributed by atoms with Crippen LogP contribution in [0.5, 0.6) is 0 Å². The summed E-state index contributed by atoms with van der Waals surface area (Å²) in [5.41, 5.74) is 2.61. The lowest BCUT2D eigenvalue weighted by molar-refractivity contribution is 0.678. The normalized spacial score (nSPS) is 10.6. The molecule has 2 rings (SSSR count). The SMILES string of the molecule is Cc1cccc(N(C)CCNCCc2cccs2)c1. The summed E-state index contributed by atoms with van der Waals surface area (Å²) in [7, 11) is 2.15. The largest absolute Gasteiger partial charge is 0.373 e. The van der Waals surface area contributed by atoms with Crippen molar-refractivity contribution in [3.05, 3.63) is 52.2 Å². The molecule has 0 bridgehead atoms. The molecule has 0 amide bonds. The van der Waals surface area contributed by atoms with E-state index < -0.39 is 0 Å². The Morgan fingerprint density at radius 1 is 1.16 bits per heavy atom. The summed E-state index contributed by atoms with van der Waals surface area (Å²) < 4.78 is 0. The fourth-order valence-electron chi connectivity index (χ4n) is 2.03. The molecule has 0 fully saturated rings. The van der Waals surface area contributed by atoms with Crippen molar-refractivity contribution in [3.8, 4) is 0 Å². The van der Waals surface area contributed by atoms with E-state index >= 15 is 0 Å². The predicted octanol–water partition coefficient (Wildman–Crippen LogP) is 3.33. The van der Waals surface area contributed by atoms with E-state index in [2.05, 4.69) is 66.0 Å². The average molecular weight is 274 g/mol. The predicted molar refractivity (Wildman–Crippen MR) is 85.3 cm³/mol. The van der Waals surface area contributed by atoms with Crippen molar-refractivity contribution in [2.45, 2.75) is 13.3 Å². The molecule has 0 saturated heterocycles.